The smallest absolute Gasteiger partial charge is 0.175 e. The summed E-state index contributed by atoms with van der Waals surface area (Å²) in [6, 6.07) is 9.17. The van der Waals surface area contributed by atoms with Crippen LogP contribution in [0.15, 0.2) is 39.3 Å². The monoisotopic (exact) mass is 430 g/mol. The topological polar surface area (TPSA) is 24.1 Å². The van der Waals surface area contributed by atoms with Crippen molar-refractivity contribution in [1.29, 1.82) is 0 Å². The Balaban J connectivity index is 2.17. The van der Waals surface area contributed by atoms with Crippen LogP contribution in [-0.4, -0.2) is 5.11 Å². The van der Waals surface area contributed by atoms with Crippen molar-refractivity contribution >= 4 is 60.6 Å². The molecule has 2 aromatic carbocycles. The maximum Gasteiger partial charge on any atom is 0.175 e. The largest absolute Gasteiger partial charge is 0.332 e. The van der Waals surface area contributed by atoms with Crippen molar-refractivity contribution in [2.24, 2.45) is 0 Å². The fourth-order valence-corrected chi connectivity index (χ4v) is 3.28. The molecule has 0 atom stereocenters. The summed E-state index contributed by atoms with van der Waals surface area (Å²) < 4.78 is 15.2. The van der Waals surface area contributed by atoms with Gasteiger partial charge in [-0.3, -0.25) is 0 Å². The van der Waals surface area contributed by atoms with Crippen LogP contribution in [0.5, 0.6) is 0 Å². The summed E-state index contributed by atoms with van der Waals surface area (Å²) >= 11 is 11.8. The van der Waals surface area contributed by atoms with E-state index in [1.54, 1.807) is 6.07 Å². The van der Waals surface area contributed by atoms with E-state index in [2.05, 4.69) is 42.5 Å². The zero-order valence-electron chi connectivity index (χ0n) is 11.4. The van der Waals surface area contributed by atoms with Gasteiger partial charge in [-0.15, -0.1) is 0 Å². The van der Waals surface area contributed by atoms with Crippen LogP contribution in [0.4, 0.5) is 15.8 Å². The number of aryl methyl sites for hydroxylation is 2. The van der Waals surface area contributed by atoms with Crippen molar-refractivity contribution in [3.05, 3.63) is 56.2 Å². The molecule has 0 aliphatic rings. The number of thiocarbonyl (C=S) groups is 1. The number of rotatable bonds is 2. The lowest BCUT2D eigenvalue weighted by Gasteiger charge is -2.15. The molecule has 0 unspecified atom stereocenters. The lowest BCUT2D eigenvalue weighted by molar-refractivity contribution is 0.630. The van der Waals surface area contributed by atoms with E-state index >= 15 is 0 Å². The summed E-state index contributed by atoms with van der Waals surface area (Å²) in [5.74, 6) is -0.388. The van der Waals surface area contributed by atoms with Crippen molar-refractivity contribution in [2.45, 2.75) is 13.8 Å². The Hall–Kier alpha value is -0.980. The van der Waals surface area contributed by atoms with Gasteiger partial charge in [0, 0.05) is 14.6 Å². The van der Waals surface area contributed by atoms with Crippen molar-refractivity contribution in [3.8, 4) is 0 Å². The molecule has 2 nitrogen and oxygen atoms in total. The Morgan fingerprint density at radius 3 is 2.48 bits per heavy atom. The van der Waals surface area contributed by atoms with Crippen LogP contribution in [0.1, 0.15) is 11.1 Å². The summed E-state index contributed by atoms with van der Waals surface area (Å²) in [4.78, 5) is 0. The van der Waals surface area contributed by atoms with E-state index in [0.717, 1.165) is 16.8 Å². The molecule has 0 fully saturated rings. The van der Waals surface area contributed by atoms with Crippen molar-refractivity contribution < 1.29 is 4.39 Å². The predicted octanol–water partition coefficient (Wildman–Crippen LogP) is 5.78. The molecular formula is C15H13Br2FN2S. The van der Waals surface area contributed by atoms with Crippen LogP contribution in [0.2, 0.25) is 0 Å². The summed E-state index contributed by atoms with van der Waals surface area (Å²) in [5.41, 5.74) is 3.41. The molecule has 0 spiro atoms. The van der Waals surface area contributed by atoms with Crippen LogP contribution in [-0.2, 0) is 0 Å². The molecule has 6 heteroatoms. The van der Waals surface area contributed by atoms with E-state index in [-0.39, 0.29) is 5.82 Å². The second-order valence-corrected chi connectivity index (χ2v) is 6.82. The van der Waals surface area contributed by atoms with Gasteiger partial charge in [0.1, 0.15) is 5.82 Å². The minimum atomic E-state index is -0.388. The van der Waals surface area contributed by atoms with Gasteiger partial charge in [-0.1, -0.05) is 28.1 Å². The quantitative estimate of drug-likeness (QED) is 0.589. The van der Waals surface area contributed by atoms with Gasteiger partial charge in [-0.05, 0) is 71.3 Å². The van der Waals surface area contributed by atoms with E-state index < -0.39 is 0 Å². The lowest BCUT2D eigenvalue weighted by atomic mass is 10.1. The average Bonchev–Trinajstić information content (AvgIpc) is 2.38. The van der Waals surface area contributed by atoms with Crippen molar-refractivity contribution in [1.82, 2.24) is 0 Å². The molecule has 0 aromatic heterocycles. The third kappa shape index (κ3) is 4.25. The van der Waals surface area contributed by atoms with Gasteiger partial charge in [0.15, 0.2) is 5.11 Å². The highest BCUT2D eigenvalue weighted by molar-refractivity contribution is 9.11. The van der Waals surface area contributed by atoms with Gasteiger partial charge in [-0.2, -0.15) is 0 Å². The van der Waals surface area contributed by atoms with Crippen LogP contribution < -0.4 is 10.6 Å². The molecule has 0 bridgehead atoms. The maximum atomic E-state index is 13.9. The van der Waals surface area contributed by atoms with E-state index in [0.29, 0.717) is 19.7 Å². The molecule has 0 amide bonds. The first-order chi connectivity index (χ1) is 9.86. The molecule has 21 heavy (non-hydrogen) atoms. The first-order valence-electron chi connectivity index (χ1n) is 6.16. The molecule has 0 aliphatic carbocycles. The van der Waals surface area contributed by atoms with E-state index in [9.17, 15) is 4.39 Å². The summed E-state index contributed by atoms with van der Waals surface area (Å²) in [6.07, 6.45) is 0. The number of hydrogen-bond acceptors (Lipinski definition) is 1. The van der Waals surface area contributed by atoms with Gasteiger partial charge >= 0.3 is 0 Å². The van der Waals surface area contributed by atoms with E-state index in [4.69, 9.17) is 12.2 Å². The Labute approximate surface area is 145 Å². The third-order valence-corrected chi connectivity index (χ3v) is 4.17. The van der Waals surface area contributed by atoms with Crippen molar-refractivity contribution in [2.75, 3.05) is 10.6 Å². The highest BCUT2D eigenvalue weighted by Crippen LogP contribution is 2.29. The molecule has 2 aromatic rings. The van der Waals surface area contributed by atoms with E-state index in [1.165, 1.54) is 6.07 Å². The number of halogens is 3. The van der Waals surface area contributed by atoms with E-state index in [1.807, 2.05) is 32.0 Å². The fraction of sp³-hybridized carbons (Fsp3) is 0.133. The predicted molar refractivity (Wildman–Crippen MR) is 97.6 cm³/mol. The van der Waals surface area contributed by atoms with Crippen LogP contribution in [0, 0.1) is 19.7 Å². The zero-order chi connectivity index (χ0) is 15.6. The first-order valence-corrected chi connectivity index (χ1v) is 8.16. The highest BCUT2D eigenvalue weighted by Gasteiger charge is 2.11. The Morgan fingerprint density at radius 2 is 1.81 bits per heavy atom. The number of nitrogens with one attached hydrogen (secondary N) is 2. The molecular weight excluding hydrogens is 419 g/mol. The first kappa shape index (κ1) is 16.4. The summed E-state index contributed by atoms with van der Waals surface area (Å²) in [6.45, 7) is 3.99. The Bertz CT molecular complexity index is 681. The average molecular weight is 432 g/mol. The third-order valence-electron chi connectivity index (χ3n) is 2.89. The van der Waals surface area contributed by atoms with Gasteiger partial charge in [0.2, 0.25) is 0 Å². The molecule has 2 rings (SSSR count). The molecule has 0 radical (unpaired) electrons. The minimum absolute atomic E-state index is 0.306. The van der Waals surface area contributed by atoms with Crippen LogP contribution >= 0.6 is 44.1 Å². The van der Waals surface area contributed by atoms with Gasteiger partial charge in [0.05, 0.1) is 5.69 Å². The Kier molecular flexibility index (Phi) is 5.35. The van der Waals surface area contributed by atoms with Crippen molar-refractivity contribution in [3.63, 3.8) is 0 Å². The fourth-order valence-electron chi connectivity index (χ4n) is 1.80. The highest BCUT2D eigenvalue weighted by atomic mass is 79.9. The lowest BCUT2D eigenvalue weighted by Crippen LogP contribution is -2.20. The molecule has 0 aliphatic heterocycles. The van der Waals surface area contributed by atoms with Crippen LogP contribution in [0.3, 0.4) is 0 Å². The summed E-state index contributed by atoms with van der Waals surface area (Å²) in [5, 5.41) is 6.31. The van der Waals surface area contributed by atoms with Crippen LogP contribution in [0.25, 0.3) is 0 Å². The standard InChI is InChI=1S/C15H13Br2FN2S/c1-8-3-4-9(2)13(5-8)19-15(21)20-14-11(17)6-10(16)7-12(14)18/h3-7H,1-2H3,(H2,19,20,21). The normalized spacial score (nSPS) is 10.3. The summed E-state index contributed by atoms with van der Waals surface area (Å²) in [7, 11) is 0. The SMILES string of the molecule is Cc1ccc(C)c(NC(=S)Nc2c(F)cc(Br)cc2Br)c1. The number of anilines is 2. The zero-order valence-corrected chi connectivity index (χ0v) is 15.4. The molecule has 2 N–H and O–H groups in total. The van der Waals surface area contributed by atoms with Gasteiger partial charge < -0.3 is 10.6 Å². The molecule has 110 valence electrons. The number of benzene rings is 2. The molecule has 0 heterocycles. The number of hydrogen-bond donors (Lipinski definition) is 2. The second kappa shape index (κ2) is 6.85. The van der Waals surface area contributed by atoms with Gasteiger partial charge in [0.25, 0.3) is 0 Å². The minimum Gasteiger partial charge on any atom is -0.332 e. The second-order valence-electron chi connectivity index (χ2n) is 4.64. The molecule has 0 saturated carbocycles. The molecule has 0 saturated heterocycles. The van der Waals surface area contributed by atoms with Gasteiger partial charge in [-0.25, -0.2) is 4.39 Å². The Morgan fingerprint density at radius 1 is 1.10 bits per heavy atom. The maximum absolute atomic E-state index is 13.9.